The van der Waals surface area contributed by atoms with Crippen molar-refractivity contribution in [2.75, 3.05) is 11.9 Å². The second kappa shape index (κ2) is 9.71. The van der Waals surface area contributed by atoms with Gasteiger partial charge in [-0.2, -0.15) is 0 Å². The largest absolute Gasteiger partial charge is 0.445 e. The number of nitrogens with zero attached hydrogens (tertiary/aromatic N) is 1. The van der Waals surface area contributed by atoms with Gasteiger partial charge in [-0.1, -0.05) is 49.2 Å². The van der Waals surface area contributed by atoms with E-state index in [1.54, 1.807) is 12.3 Å². The summed E-state index contributed by atoms with van der Waals surface area (Å²) < 4.78 is 5.25. The molecule has 2 atom stereocenters. The van der Waals surface area contributed by atoms with Crippen molar-refractivity contribution in [2.45, 2.75) is 32.3 Å². The summed E-state index contributed by atoms with van der Waals surface area (Å²) in [7, 11) is 0. The molecule has 0 spiro atoms. The first-order valence-electron chi connectivity index (χ1n) is 9.39. The highest BCUT2D eigenvalue weighted by molar-refractivity contribution is 5.91. The number of nitrogens with one attached hydrogen (secondary N) is 2. The van der Waals surface area contributed by atoms with Crippen LogP contribution in [0, 0.1) is 11.8 Å². The Hall–Kier alpha value is -2.89. The summed E-state index contributed by atoms with van der Waals surface area (Å²) in [5, 5.41) is 5.70. The molecule has 2 amide bonds. The molecule has 27 heavy (non-hydrogen) atoms. The van der Waals surface area contributed by atoms with E-state index in [1.165, 1.54) is 0 Å². The van der Waals surface area contributed by atoms with E-state index in [0.717, 1.165) is 31.2 Å². The summed E-state index contributed by atoms with van der Waals surface area (Å²) in [5.74, 6) is 0.502. The molecule has 1 aromatic carbocycles. The maximum Gasteiger partial charge on any atom is 0.407 e. The van der Waals surface area contributed by atoms with Crippen LogP contribution in [-0.4, -0.2) is 23.5 Å². The highest BCUT2D eigenvalue weighted by Crippen LogP contribution is 2.30. The molecule has 2 aromatic rings. The van der Waals surface area contributed by atoms with Crippen LogP contribution < -0.4 is 10.6 Å². The third-order valence-corrected chi connectivity index (χ3v) is 4.88. The molecule has 1 aliphatic carbocycles. The van der Waals surface area contributed by atoms with E-state index in [2.05, 4.69) is 15.6 Å². The lowest BCUT2D eigenvalue weighted by molar-refractivity contribution is -0.122. The average molecular weight is 367 g/mol. The van der Waals surface area contributed by atoms with E-state index < -0.39 is 6.09 Å². The smallest absolute Gasteiger partial charge is 0.407 e. The highest BCUT2D eigenvalue weighted by Gasteiger charge is 2.31. The van der Waals surface area contributed by atoms with Crippen LogP contribution in [0.4, 0.5) is 10.6 Å². The van der Waals surface area contributed by atoms with Crippen molar-refractivity contribution in [3.05, 3.63) is 60.3 Å². The Bertz CT molecular complexity index is 737. The van der Waals surface area contributed by atoms with E-state index in [1.807, 2.05) is 42.5 Å². The van der Waals surface area contributed by atoms with Gasteiger partial charge >= 0.3 is 6.09 Å². The molecular formula is C21H25N3O3. The minimum atomic E-state index is -0.451. The van der Waals surface area contributed by atoms with Crippen LogP contribution in [0.25, 0.3) is 0 Å². The van der Waals surface area contributed by atoms with Gasteiger partial charge in [0.2, 0.25) is 5.91 Å². The van der Waals surface area contributed by atoms with E-state index >= 15 is 0 Å². The van der Waals surface area contributed by atoms with Crippen molar-refractivity contribution in [1.82, 2.24) is 10.3 Å². The van der Waals surface area contributed by atoms with Gasteiger partial charge in [-0.05, 0) is 36.5 Å². The number of alkyl carbamates (subject to hydrolysis) is 1. The van der Waals surface area contributed by atoms with Gasteiger partial charge in [-0.25, -0.2) is 9.78 Å². The van der Waals surface area contributed by atoms with Gasteiger partial charge in [0.25, 0.3) is 0 Å². The molecule has 1 fully saturated rings. The molecule has 6 nitrogen and oxygen atoms in total. The zero-order chi connectivity index (χ0) is 18.9. The van der Waals surface area contributed by atoms with Crippen molar-refractivity contribution < 1.29 is 14.3 Å². The van der Waals surface area contributed by atoms with Crippen molar-refractivity contribution in [3.8, 4) is 0 Å². The van der Waals surface area contributed by atoms with Crippen LogP contribution in [0.5, 0.6) is 0 Å². The lowest BCUT2D eigenvalue weighted by atomic mass is 9.78. The molecular weight excluding hydrogens is 342 g/mol. The average Bonchev–Trinajstić information content (AvgIpc) is 2.72. The predicted molar refractivity (Wildman–Crippen MR) is 103 cm³/mol. The maximum atomic E-state index is 12.6. The van der Waals surface area contributed by atoms with Gasteiger partial charge in [0.1, 0.15) is 12.4 Å². The van der Waals surface area contributed by atoms with Crippen LogP contribution in [0.15, 0.2) is 54.7 Å². The minimum Gasteiger partial charge on any atom is -0.445 e. The highest BCUT2D eigenvalue weighted by atomic mass is 16.5. The van der Waals surface area contributed by atoms with E-state index in [-0.39, 0.29) is 24.3 Å². The zero-order valence-electron chi connectivity index (χ0n) is 15.3. The van der Waals surface area contributed by atoms with Crippen molar-refractivity contribution in [2.24, 2.45) is 11.8 Å². The molecule has 0 bridgehead atoms. The van der Waals surface area contributed by atoms with Crippen molar-refractivity contribution in [1.29, 1.82) is 0 Å². The number of carbonyl (C=O) groups excluding carboxylic acids is 2. The summed E-state index contributed by atoms with van der Waals surface area (Å²) in [6.07, 6.45) is 5.03. The van der Waals surface area contributed by atoms with Gasteiger partial charge in [-0.3, -0.25) is 4.79 Å². The van der Waals surface area contributed by atoms with E-state index in [4.69, 9.17) is 4.74 Å². The third kappa shape index (κ3) is 5.81. The second-order valence-corrected chi connectivity index (χ2v) is 6.80. The maximum absolute atomic E-state index is 12.6. The first kappa shape index (κ1) is 18.9. The molecule has 2 N–H and O–H groups in total. The number of benzene rings is 1. The quantitative estimate of drug-likeness (QED) is 0.815. The lowest BCUT2D eigenvalue weighted by Crippen LogP contribution is -2.39. The Morgan fingerprint density at radius 3 is 2.59 bits per heavy atom. The summed E-state index contributed by atoms with van der Waals surface area (Å²) in [6.45, 7) is 0.675. The van der Waals surface area contributed by atoms with E-state index in [0.29, 0.717) is 12.4 Å². The number of pyridine rings is 1. The van der Waals surface area contributed by atoms with E-state index in [9.17, 15) is 9.59 Å². The fourth-order valence-corrected chi connectivity index (χ4v) is 3.44. The summed E-state index contributed by atoms with van der Waals surface area (Å²) >= 11 is 0. The summed E-state index contributed by atoms with van der Waals surface area (Å²) in [5.41, 5.74) is 0.943. The number of hydrogen-bond acceptors (Lipinski definition) is 4. The molecule has 1 heterocycles. The molecule has 2 unspecified atom stereocenters. The van der Waals surface area contributed by atoms with Crippen LogP contribution >= 0.6 is 0 Å². The fraction of sp³-hybridized carbons (Fsp3) is 0.381. The van der Waals surface area contributed by atoms with Gasteiger partial charge < -0.3 is 15.4 Å². The van der Waals surface area contributed by atoms with Gasteiger partial charge in [0.05, 0.1) is 0 Å². The normalized spacial score (nSPS) is 19.1. The zero-order valence-corrected chi connectivity index (χ0v) is 15.3. The molecule has 6 heteroatoms. The minimum absolute atomic E-state index is 0.0298. The lowest BCUT2D eigenvalue weighted by Gasteiger charge is -2.30. The number of amides is 2. The van der Waals surface area contributed by atoms with Crippen LogP contribution in [-0.2, 0) is 16.1 Å². The Balaban J connectivity index is 1.48. The van der Waals surface area contributed by atoms with Gasteiger partial charge in [0, 0.05) is 18.7 Å². The second-order valence-electron chi connectivity index (χ2n) is 6.80. The number of hydrogen-bond donors (Lipinski definition) is 2. The molecule has 1 saturated carbocycles. The molecule has 0 aliphatic heterocycles. The molecule has 3 rings (SSSR count). The van der Waals surface area contributed by atoms with Gasteiger partial charge in [0.15, 0.2) is 0 Å². The molecule has 0 radical (unpaired) electrons. The number of rotatable bonds is 6. The third-order valence-electron chi connectivity index (χ3n) is 4.88. The van der Waals surface area contributed by atoms with Gasteiger partial charge in [-0.15, -0.1) is 0 Å². The topological polar surface area (TPSA) is 80.3 Å². The van der Waals surface area contributed by atoms with Crippen molar-refractivity contribution in [3.63, 3.8) is 0 Å². The number of anilines is 1. The van der Waals surface area contributed by atoms with Crippen molar-refractivity contribution >= 4 is 17.8 Å². The Morgan fingerprint density at radius 2 is 1.81 bits per heavy atom. The Labute approximate surface area is 159 Å². The van der Waals surface area contributed by atoms with Crippen LogP contribution in [0.1, 0.15) is 31.2 Å². The predicted octanol–water partition coefficient (Wildman–Crippen LogP) is 3.75. The number of ether oxygens (including phenoxy) is 1. The SMILES string of the molecule is O=C(NCC1CCCCC1C(=O)Nc1ccccn1)OCc1ccccc1. The molecule has 1 aromatic heterocycles. The first-order valence-corrected chi connectivity index (χ1v) is 9.39. The monoisotopic (exact) mass is 367 g/mol. The summed E-state index contributed by atoms with van der Waals surface area (Å²) in [6, 6.07) is 15.0. The molecule has 142 valence electrons. The Morgan fingerprint density at radius 1 is 1.04 bits per heavy atom. The van der Waals surface area contributed by atoms with Crippen LogP contribution in [0.2, 0.25) is 0 Å². The first-order chi connectivity index (χ1) is 13.2. The van der Waals surface area contributed by atoms with Crippen LogP contribution in [0.3, 0.4) is 0 Å². The summed E-state index contributed by atoms with van der Waals surface area (Å²) in [4.78, 5) is 28.8. The molecule has 1 aliphatic rings. The number of aromatic nitrogens is 1. The standard InChI is InChI=1S/C21H25N3O3/c25-20(24-19-12-6-7-13-22-19)18-11-5-4-10-17(18)14-23-21(26)27-15-16-8-2-1-3-9-16/h1-3,6-9,12-13,17-18H,4-5,10-11,14-15H2,(H,23,26)(H,22,24,25). The fourth-order valence-electron chi connectivity index (χ4n) is 3.44. The number of carbonyl (C=O) groups is 2. The molecule has 0 saturated heterocycles. The Kier molecular flexibility index (Phi) is 6.79.